The molecule has 0 aliphatic rings. The van der Waals surface area contributed by atoms with Gasteiger partial charge in [-0.05, 0) is 106 Å². The molecule has 1 heterocycles. The van der Waals surface area contributed by atoms with Gasteiger partial charge in [0.2, 0.25) is 0 Å². The van der Waals surface area contributed by atoms with Gasteiger partial charge in [0.1, 0.15) is 11.2 Å². The van der Waals surface area contributed by atoms with Crippen LogP contribution in [0.4, 0.5) is 0 Å². The third-order valence-corrected chi connectivity index (χ3v) is 11.1. The first-order chi connectivity index (χ1) is 26.3. The van der Waals surface area contributed by atoms with Crippen LogP contribution in [-0.2, 0) is 0 Å². The van der Waals surface area contributed by atoms with Gasteiger partial charge in [-0.2, -0.15) is 0 Å². The van der Waals surface area contributed by atoms with Gasteiger partial charge in [0.05, 0.1) is 0 Å². The van der Waals surface area contributed by atoms with E-state index in [1.807, 2.05) is 0 Å². The summed E-state index contributed by atoms with van der Waals surface area (Å²) in [5, 5.41) is 12.2. The molecule has 53 heavy (non-hydrogen) atoms. The molecule has 0 unspecified atom stereocenters. The lowest BCUT2D eigenvalue weighted by molar-refractivity contribution is 0.669. The summed E-state index contributed by atoms with van der Waals surface area (Å²) < 4.78 is 6.60. The molecular formula is C52H32O. The van der Waals surface area contributed by atoms with Gasteiger partial charge in [0.25, 0.3) is 0 Å². The van der Waals surface area contributed by atoms with Crippen LogP contribution in [0.25, 0.3) is 110 Å². The van der Waals surface area contributed by atoms with E-state index in [4.69, 9.17) is 4.42 Å². The Kier molecular flexibility index (Phi) is 6.62. The third kappa shape index (κ3) is 4.58. The lowest BCUT2D eigenvalue weighted by atomic mass is 9.81. The first-order valence-corrected chi connectivity index (χ1v) is 18.3. The molecule has 0 aliphatic carbocycles. The topological polar surface area (TPSA) is 13.1 Å². The predicted molar refractivity (Wildman–Crippen MR) is 225 cm³/mol. The van der Waals surface area contributed by atoms with E-state index < -0.39 is 0 Å². The third-order valence-electron chi connectivity index (χ3n) is 11.1. The van der Waals surface area contributed by atoms with E-state index in [1.54, 1.807) is 0 Å². The van der Waals surface area contributed by atoms with Crippen molar-refractivity contribution in [2.24, 2.45) is 0 Å². The second-order valence-corrected chi connectivity index (χ2v) is 13.9. The zero-order chi connectivity index (χ0) is 34.9. The van der Waals surface area contributed by atoms with E-state index in [1.165, 1.54) is 87.6 Å². The average Bonchev–Trinajstić information content (AvgIpc) is 3.61. The number of hydrogen-bond acceptors (Lipinski definition) is 1. The highest BCUT2D eigenvalue weighted by Gasteiger charge is 2.23. The highest BCUT2D eigenvalue weighted by Crippen LogP contribution is 2.50. The largest absolute Gasteiger partial charge is 0.456 e. The van der Waals surface area contributed by atoms with E-state index in [2.05, 4.69) is 194 Å². The molecule has 1 aromatic heterocycles. The maximum atomic E-state index is 6.60. The molecule has 0 amide bonds. The normalized spacial score (nSPS) is 11.8. The minimum atomic E-state index is 0.893. The number of hydrogen-bond donors (Lipinski definition) is 0. The van der Waals surface area contributed by atoms with Crippen molar-refractivity contribution in [3.8, 4) is 44.5 Å². The Balaban J connectivity index is 1.31. The van der Waals surface area contributed by atoms with E-state index in [9.17, 15) is 0 Å². The summed E-state index contributed by atoms with van der Waals surface area (Å²) in [7, 11) is 0. The second kappa shape index (κ2) is 11.8. The van der Waals surface area contributed by atoms with Gasteiger partial charge in [0, 0.05) is 10.8 Å². The summed E-state index contributed by atoms with van der Waals surface area (Å²) in [6, 6.07) is 70.5. The molecule has 246 valence electrons. The average molecular weight is 673 g/mol. The van der Waals surface area contributed by atoms with Crippen molar-refractivity contribution in [1.82, 2.24) is 0 Å². The van der Waals surface area contributed by atoms with Gasteiger partial charge in [0.15, 0.2) is 0 Å². The minimum absolute atomic E-state index is 0.893. The molecule has 0 atom stereocenters. The van der Waals surface area contributed by atoms with Crippen LogP contribution in [0.15, 0.2) is 199 Å². The van der Waals surface area contributed by atoms with Gasteiger partial charge in [-0.3, -0.25) is 0 Å². The maximum Gasteiger partial charge on any atom is 0.136 e. The van der Waals surface area contributed by atoms with Crippen molar-refractivity contribution in [2.75, 3.05) is 0 Å². The van der Waals surface area contributed by atoms with Crippen LogP contribution < -0.4 is 0 Å². The summed E-state index contributed by atoms with van der Waals surface area (Å²) in [6.45, 7) is 0. The fourth-order valence-electron chi connectivity index (χ4n) is 8.76. The molecule has 0 N–H and O–H groups in total. The zero-order valence-electron chi connectivity index (χ0n) is 28.9. The van der Waals surface area contributed by atoms with E-state index in [0.29, 0.717) is 0 Å². The zero-order valence-corrected chi connectivity index (χ0v) is 28.9. The lowest BCUT2D eigenvalue weighted by Crippen LogP contribution is -1.94. The summed E-state index contributed by atoms with van der Waals surface area (Å²) in [5.41, 5.74) is 11.5. The van der Waals surface area contributed by atoms with Crippen molar-refractivity contribution >= 4 is 65.0 Å². The van der Waals surface area contributed by atoms with Crippen LogP contribution >= 0.6 is 0 Å². The van der Waals surface area contributed by atoms with Gasteiger partial charge in [-0.25, -0.2) is 0 Å². The SMILES string of the molecule is c1ccc(-c2ccc3oc4cccc(-c5c6ccccc6c(-c6cccc7c6ccc6ccccc67)c6c(-c7ccccc7)cccc56)c4c3c2)cc1. The predicted octanol–water partition coefficient (Wildman–Crippen LogP) is 14.9. The Morgan fingerprint density at radius 1 is 0.264 bits per heavy atom. The molecule has 0 fully saturated rings. The Labute approximate surface area is 307 Å². The van der Waals surface area contributed by atoms with Crippen molar-refractivity contribution in [3.63, 3.8) is 0 Å². The quantitative estimate of drug-likeness (QED) is 0.134. The Morgan fingerprint density at radius 2 is 0.887 bits per heavy atom. The summed E-state index contributed by atoms with van der Waals surface area (Å²) >= 11 is 0. The maximum absolute atomic E-state index is 6.60. The molecule has 0 aliphatic heterocycles. The summed E-state index contributed by atoms with van der Waals surface area (Å²) in [6.07, 6.45) is 0. The van der Waals surface area contributed by atoms with Gasteiger partial charge in [-0.1, -0.05) is 176 Å². The molecule has 11 rings (SSSR count). The summed E-state index contributed by atoms with van der Waals surface area (Å²) in [5.74, 6) is 0. The standard InChI is InChI=1S/C52H32O/c1-3-14-33(15-4-1)36-29-31-47-46(32-36)50-44(26-13-27-48(50)53-47)49-42-20-9-10-21-43(42)52(51-38(22-11-25-45(49)51)34-16-5-2-6-17-34)41-24-12-23-39-37-19-8-7-18-35(37)28-30-40(39)41/h1-32H. The van der Waals surface area contributed by atoms with Crippen LogP contribution in [0.3, 0.4) is 0 Å². The fourth-order valence-corrected chi connectivity index (χ4v) is 8.76. The van der Waals surface area contributed by atoms with E-state index in [-0.39, 0.29) is 0 Å². The lowest BCUT2D eigenvalue weighted by Gasteiger charge is -2.21. The molecule has 0 radical (unpaired) electrons. The number of rotatable bonds is 4. The minimum Gasteiger partial charge on any atom is -0.456 e. The van der Waals surface area contributed by atoms with E-state index in [0.717, 1.165) is 21.9 Å². The number of furan rings is 1. The highest BCUT2D eigenvalue weighted by molar-refractivity contribution is 6.30. The first-order valence-electron chi connectivity index (χ1n) is 18.3. The van der Waals surface area contributed by atoms with Crippen LogP contribution in [0.2, 0.25) is 0 Å². The van der Waals surface area contributed by atoms with Crippen molar-refractivity contribution < 1.29 is 4.42 Å². The Bertz CT molecular complexity index is 3210. The van der Waals surface area contributed by atoms with Crippen molar-refractivity contribution in [1.29, 1.82) is 0 Å². The van der Waals surface area contributed by atoms with Crippen LogP contribution in [-0.4, -0.2) is 0 Å². The molecule has 1 heteroatoms. The van der Waals surface area contributed by atoms with Crippen LogP contribution in [0.5, 0.6) is 0 Å². The summed E-state index contributed by atoms with van der Waals surface area (Å²) in [4.78, 5) is 0. The number of benzene rings is 10. The molecule has 0 spiro atoms. The Morgan fingerprint density at radius 3 is 1.70 bits per heavy atom. The Hall–Kier alpha value is -6.96. The second-order valence-electron chi connectivity index (χ2n) is 13.9. The highest BCUT2D eigenvalue weighted by atomic mass is 16.3. The molecule has 0 saturated heterocycles. The van der Waals surface area contributed by atoms with Crippen LogP contribution in [0, 0.1) is 0 Å². The van der Waals surface area contributed by atoms with Gasteiger partial charge < -0.3 is 4.42 Å². The van der Waals surface area contributed by atoms with Crippen molar-refractivity contribution in [3.05, 3.63) is 194 Å². The molecule has 10 aromatic carbocycles. The van der Waals surface area contributed by atoms with Crippen LogP contribution in [0.1, 0.15) is 0 Å². The molecule has 1 nitrogen and oxygen atoms in total. The van der Waals surface area contributed by atoms with Crippen molar-refractivity contribution in [2.45, 2.75) is 0 Å². The molecule has 11 aromatic rings. The molecule has 0 bridgehead atoms. The van der Waals surface area contributed by atoms with E-state index >= 15 is 0 Å². The first kappa shape index (κ1) is 29.7. The number of fused-ring (bicyclic) bond motifs is 8. The van der Waals surface area contributed by atoms with Gasteiger partial charge in [-0.15, -0.1) is 0 Å². The molecular weight excluding hydrogens is 641 g/mol. The fraction of sp³-hybridized carbons (Fsp3) is 0. The monoisotopic (exact) mass is 672 g/mol. The van der Waals surface area contributed by atoms with Gasteiger partial charge >= 0.3 is 0 Å². The molecule has 0 saturated carbocycles. The smallest absolute Gasteiger partial charge is 0.136 e.